The van der Waals surface area contributed by atoms with Crippen LogP contribution in [0.2, 0.25) is 0 Å². The molecule has 1 aromatic carbocycles. The third-order valence-corrected chi connectivity index (χ3v) is 4.39. The topological polar surface area (TPSA) is 86.2 Å². The minimum atomic E-state index is -0.295. The van der Waals surface area contributed by atoms with Crippen LogP contribution in [0.25, 0.3) is 22.2 Å². The molecule has 0 bridgehead atoms. The van der Waals surface area contributed by atoms with Gasteiger partial charge in [0.25, 0.3) is 0 Å². The van der Waals surface area contributed by atoms with Gasteiger partial charge in [-0.25, -0.2) is 14.4 Å². The fraction of sp³-hybridized carbons (Fsp3) is 0.294. The van der Waals surface area contributed by atoms with E-state index in [0.29, 0.717) is 11.5 Å². The summed E-state index contributed by atoms with van der Waals surface area (Å²) in [4.78, 5) is 8.44. The third kappa shape index (κ3) is 2.42. The summed E-state index contributed by atoms with van der Waals surface area (Å²) in [6.45, 7) is -0.00234. The van der Waals surface area contributed by atoms with Gasteiger partial charge in [0.15, 0.2) is 0 Å². The van der Waals surface area contributed by atoms with Crippen LogP contribution in [-0.2, 0) is 4.74 Å². The molecule has 0 amide bonds. The molecule has 0 aliphatic carbocycles. The number of rotatable bonds is 3. The largest absolute Gasteiger partial charge is 0.394 e. The number of halogens is 1. The van der Waals surface area contributed by atoms with E-state index in [9.17, 15) is 9.50 Å². The van der Waals surface area contributed by atoms with E-state index in [1.165, 1.54) is 18.5 Å². The number of nitrogens with two attached hydrogens (primary N) is 1. The van der Waals surface area contributed by atoms with Crippen LogP contribution in [-0.4, -0.2) is 32.4 Å². The predicted molar refractivity (Wildman–Crippen MR) is 87.6 cm³/mol. The summed E-state index contributed by atoms with van der Waals surface area (Å²) >= 11 is 0. The van der Waals surface area contributed by atoms with Crippen LogP contribution < -0.4 is 5.73 Å². The number of aliphatic hydroxyl groups is 1. The summed E-state index contributed by atoms with van der Waals surface area (Å²) in [5.41, 5.74) is 8.41. The molecule has 1 fully saturated rings. The van der Waals surface area contributed by atoms with Crippen LogP contribution in [0.1, 0.15) is 19.1 Å². The summed E-state index contributed by atoms with van der Waals surface area (Å²) < 4.78 is 21.0. The number of hydrogen-bond acceptors (Lipinski definition) is 5. The predicted octanol–water partition coefficient (Wildman–Crippen LogP) is 2.49. The smallest absolute Gasteiger partial charge is 0.148 e. The van der Waals surface area contributed by atoms with Crippen molar-refractivity contribution < 1.29 is 14.2 Å². The van der Waals surface area contributed by atoms with Crippen molar-refractivity contribution in [3.8, 4) is 11.1 Å². The summed E-state index contributed by atoms with van der Waals surface area (Å²) in [6, 6.07) is 6.22. The minimum Gasteiger partial charge on any atom is -0.394 e. The summed E-state index contributed by atoms with van der Waals surface area (Å²) in [5, 5.41) is 10.0. The lowest BCUT2D eigenvalue weighted by Crippen LogP contribution is -2.14. The van der Waals surface area contributed by atoms with Gasteiger partial charge in [0.05, 0.1) is 18.1 Å². The number of nitrogen functional groups attached to an aromatic ring is 1. The van der Waals surface area contributed by atoms with Crippen molar-refractivity contribution in [3.63, 3.8) is 0 Å². The lowest BCUT2D eigenvalue weighted by Gasteiger charge is -2.14. The highest BCUT2D eigenvalue weighted by atomic mass is 19.1. The second-order valence-corrected chi connectivity index (χ2v) is 5.89. The molecule has 3 N–H and O–H groups in total. The maximum atomic E-state index is 13.2. The van der Waals surface area contributed by atoms with Gasteiger partial charge < -0.3 is 20.1 Å². The zero-order valence-corrected chi connectivity index (χ0v) is 12.9. The molecule has 24 heavy (non-hydrogen) atoms. The van der Waals surface area contributed by atoms with Gasteiger partial charge in [-0.05, 0) is 30.5 Å². The van der Waals surface area contributed by atoms with Gasteiger partial charge in [0.1, 0.15) is 29.8 Å². The molecule has 1 aliphatic heterocycles. The maximum absolute atomic E-state index is 13.2. The van der Waals surface area contributed by atoms with Gasteiger partial charge in [-0.15, -0.1) is 0 Å². The van der Waals surface area contributed by atoms with Crippen LogP contribution in [0.3, 0.4) is 0 Å². The molecule has 2 atom stereocenters. The molecule has 1 saturated heterocycles. The Hall–Kier alpha value is -2.51. The number of aromatic nitrogens is 3. The highest BCUT2D eigenvalue weighted by Gasteiger charge is 2.28. The van der Waals surface area contributed by atoms with E-state index in [-0.39, 0.29) is 24.8 Å². The molecule has 1 aliphatic rings. The van der Waals surface area contributed by atoms with Crippen molar-refractivity contribution >= 4 is 16.9 Å². The average molecular weight is 328 g/mol. The molecule has 2 unspecified atom stereocenters. The van der Waals surface area contributed by atoms with E-state index in [4.69, 9.17) is 10.5 Å². The second-order valence-electron chi connectivity index (χ2n) is 5.89. The molecule has 3 aromatic rings. The highest BCUT2D eigenvalue weighted by molar-refractivity contribution is 6.00. The monoisotopic (exact) mass is 328 g/mol. The second kappa shape index (κ2) is 5.85. The Morgan fingerprint density at radius 1 is 1.25 bits per heavy atom. The normalized spacial score (nSPS) is 20.8. The van der Waals surface area contributed by atoms with E-state index in [1.807, 2.05) is 10.8 Å². The Morgan fingerprint density at radius 2 is 2.04 bits per heavy atom. The Morgan fingerprint density at radius 3 is 2.75 bits per heavy atom. The highest BCUT2D eigenvalue weighted by Crippen LogP contribution is 2.37. The number of anilines is 1. The van der Waals surface area contributed by atoms with Gasteiger partial charge in [0.2, 0.25) is 0 Å². The molecule has 7 heteroatoms. The van der Waals surface area contributed by atoms with Gasteiger partial charge in [-0.2, -0.15) is 0 Å². The SMILES string of the molecule is Nc1ncnc2c1c(-c1ccc(F)cc1)cn2C1CCC(CO)O1. The van der Waals surface area contributed by atoms with Crippen LogP contribution in [0, 0.1) is 5.82 Å². The van der Waals surface area contributed by atoms with Gasteiger partial charge >= 0.3 is 0 Å². The van der Waals surface area contributed by atoms with Crippen LogP contribution >= 0.6 is 0 Å². The van der Waals surface area contributed by atoms with Crippen molar-refractivity contribution in [1.29, 1.82) is 0 Å². The van der Waals surface area contributed by atoms with Crippen molar-refractivity contribution in [2.24, 2.45) is 0 Å². The van der Waals surface area contributed by atoms with Crippen LogP contribution in [0.4, 0.5) is 10.2 Å². The van der Waals surface area contributed by atoms with E-state index < -0.39 is 0 Å². The molecule has 6 nitrogen and oxygen atoms in total. The van der Waals surface area contributed by atoms with Gasteiger partial charge in [-0.3, -0.25) is 0 Å². The Kier molecular flexibility index (Phi) is 3.66. The summed E-state index contributed by atoms with van der Waals surface area (Å²) in [7, 11) is 0. The van der Waals surface area contributed by atoms with Crippen molar-refractivity contribution in [2.75, 3.05) is 12.3 Å². The molecule has 0 saturated carbocycles. The molecular weight excluding hydrogens is 311 g/mol. The average Bonchev–Trinajstić information content (AvgIpc) is 3.20. The molecule has 3 heterocycles. The third-order valence-electron chi connectivity index (χ3n) is 4.39. The first kappa shape index (κ1) is 15.0. The van der Waals surface area contributed by atoms with Crippen molar-refractivity contribution in [2.45, 2.75) is 25.2 Å². The summed E-state index contributed by atoms with van der Waals surface area (Å²) in [6.07, 6.45) is 4.51. The number of aliphatic hydroxyl groups excluding tert-OH is 1. The van der Waals surface area contributed by atoms with E-state index in [2.05, 4.69) is 9.97 Å². The molecule has 124 valence electrons. The zero-order valence-electron chi connectivity index (χ0n) is 12.9. The quantitative estimate of drug-likeness (QED) is 0.771. The molecule has 0 spiro atoms. The van der Waals surface area contributed by atoms with Crippen molar-refractivity contribution in [3.05, 3.63) is 42.6 Å². The first-order chi connectivity index (χ1) is 11.7. The fourth-order valence-electron chi connectivity index (χ4n) is 3.20. The minimum absolute atomic E-state index is 0.00234. The van der Waals surface area contributed by atoms with E-state index in [0.717, 1.165) is 29.4 Å². The van der Waals surface area contributed by atoms with Crippen molar-refractivity contribution in [1.82, 2.24) is 14.5 Å². The first-order valence-electron chi connectivity index (χ1n) is 7.80. The Labute approximate surface area is 137 Å². The number of fused-ring (bicyclic) bond motifs is 1. The standard InChI is InChI=1S/C17H17FN4O2/c18-11-3-1-10(2-4-11)13-7-22(14-6-5-12(8-23)24-14)17-15(13)16(19)20-9-21-17/h1-4,7,9,12,14,23H,5-6,8H2,(H2,19,20,21). The van der Waals surface area contributed by atoms with Crippen LogP contribution in [0.5, 0.6) is 0 Å². The summed E-state index contributed by atoms with van der Waals surface area (Å²) in [5.74, 6) is 0.0754. The number of ether oxygens (including phenoxy) is 1. The molecule has 4 rings (SSSR count). The zero-order chi connectivity index (χ0) is 16.7. The molecule has 2 aromatic heterocycles. The van der Waals surface area contributed by atoms with Gasteiger partial charge in [-0.1, -0.05) is 12.1 Å². The van der Waals surface area contributed by atoms with E-state index in [1.54, 1.807) is 12.1 Å². The van der Waals surface area contributed by atoms with Gasteiger partial charge in [0, 0.05) is 11.8 Å². The Balaban J connectivity index is 1.87. The van der Waals surface area contributed by atoms with E-state index >= 15 is 0 Å². The fourth-order valence-corrected chi connectivity index (χ4v) is 3.20. The number of hydrogen-bond donors (Lipinski definition) is 2. The number of benzene rings is 1. The lowest BCUT2D eigenvalue weighted by molar-refractivity contribution is -0.0204. The lowest BCUT2D eigenvalue weighted by atomic mass is 10.1. The number of nitrogens with zero attached hydrogens (tertiary/aromatic N) is 3. The Bertz CT molecular complexity index is 878. The molecule has 0 radical (unpaired) electrons. The van der Waals surface area contributed by atoms with Crippen LogP contribution in [0.15, 0.2) is 36.8 Å². The first-order valence-corrected chi connectivity index (χ1v) is 7.80. The molecular formula is C17H17FN4O2. The maximum Gasteiger partial charge on any atom is 0.148 e.